The number of benzene rings is 3. The topological polar surface area (TPSA) is 112 Å². The van der Waals surface area contributed by atoms with Crippen LogP contribution in [0.5, 0.6) is 0 Å². The van der Waals surface area contributed by atoms with E-state index < -0.39 is 48.2 Å². The van der Waals surface area contributed by atoms with E-state index in [1.54, 1.807) is 0 Å². The number of ether oxygens (including phenoxy) is 4. The normalized spacial score (nSPS) is 22.3. The largest absolute Gasteiger partial charge is 0.455 e. The zero-order chi connectivity index (χ0) is 26.4. The first-order valence-corrected chi connectivity index (χ1v) is 12.0. The van der Waals surface area contributed by atoms with Gasteiger partial charge in [-0.25, -0.2) is 0 Å². The van der Waals surface area contributed by atoms with Gasteiger partial charge in [-0.2, -0.15) is 0 Å². The van der Waals surface area contributed by atoms with Gasteiger partial charge in [-0.1, -0.05) is 91.0 Å². The lowest BCUT2D eigenvalue weighted by molar-refractivity contribution is -0.176. The average molecular weight is 507 g/mol. The first-order chi connectivity index (χ1) is 17.8. The number of aliphatic hydroxyl groups is 2. The summed E-state index contributed by atoms with van der Waals surface area (Å²) in [6, 6.07) is 28.9. The Morgan fingerprint density at radius 3 is 1.59 bits per heavy atom. The summed E-state index contributed by atoms with van der Waals surface area (Å²) in [6.45, 7) is 2.08. The van der Waals surface area contributed by atoms with Gasteiger partial charge in [-0.15, -0.1) is 0 Å². The van der Waals surface area contributed by atoms with Crippen LogP contribution in [0.2, 0.25) is 0 Å². The smallest absolute Gasteiger partial charge is 0.303 e. The molecule has 8 nitrogen and oxygen atoms in total. The minimum Gasteiger partial charge on any atom is -0.455 e. The maximum Gasteiger partial charge on any atom is 0.303 e. The van der Waals surface area contributed by atoms with Crippen LogP contribution < -0.4 is 0 Å². The Kier molecular flexibility index (Phi) is 8.35. The molecule has 194 valence electrons. The summed E-state index contributed by atoms with van der Waals surface area (Å²) in [6.07, 6.45) is -6.66. The molecule has 37 heavy (non-hydrogen) atoms. The SMILES string of the molecule is CC(=O)O[C@H]1[C@H]([C@H](O)COC(c2ccccc2)(c2ccccc2)c2ccccc2)O[C@@H](O)[C@@H]1OC(C)=O. The van der Waals surface area contributed by atoms with Gasteiger partial charge in [0.15, 0.2) is 18.5 Å². The summed E-state index contributed by atoms with van der Waals surface area (Å²) in [5.41, 5.74) is 1.40. The van der Waals surface area contributed by atoms with E-state index in [0.29, 0.717) is 0 Å². The van der Waals surface area contributed by atoms with Crippen molar-refractivity contribution in [2.45, 2.75) is 50.2 Å². The quantitative estimate of drug-likeness (QED) is 0.337. The van der Waals surface area contributed by atoms with Crippen molar-refractivity contribution in [3.8, 4) is 0 Å². The van der Waals surface area contributed by atoms with Crippen molar-refractivity contribution in [2.24, 2.45) is 0 Å². The first-order valence-electron chi connectivity index (χ1n) is 12.0. The molecule has 0 aliphatic carbocycles. The standard InChI is InChI=1S/C29H30O8/c1-19(30)35-26-25(37-28(33)27(26)36-20(2)31)24(32)18-34-29(21-12-6-3-7-13-21,22-14-8-4-9-15-22)23-16-10-5-11-17-23/h3-17,24-28,32-33H,18H2,1-2H3/t24-,25+,26+,27-,28-/m1/s1. The van der Waals surface area contributed by atoms with Crippen molar-refractivity contribution in [3.63, 3.8) is 0 Å². The highest BCUT2D eigenvalue weighted by atomic mass is 16.7. The number of esters is 2. The van der Waals surface area contributed by atoms with E-state index in [9.17, 15) is 19.8 Å². The fraction of sp³-hybridized carbons (Fsp3) is 0.310. The molecule has 0 spiro atoms. The van der Waals surface area contributed by atoms with Gasteiger partial charge in [0.1, 0.15) is 17.8 Å². The molecule has 0 saturated carbocycles. The molecule has 2 N–H and O–H groups in total. The van der Waals surface area contributed by atoms with Crippen LogP contribution in [0.1, 0.15) is 30.5 Å². The maximum atomic E-state index is 11.8. The van der Waals surface area contributed by atoms with Crippen LogP contribution in [0.3, 0.4) is 0 Å². The minimum atomic E-state index is -1.59. The molecule has 0 radical (unpaired) electrons. The van der Waals surface area contributed by atoms with Crippen LogP contribution in [0.15, 0.2) is 91.0 Å². The lowest BCUT2D eigenvalue weighted by Gasteiger charge is -2.37. The zero-order valence-corrected chi connectivity index (χ0v) is 20.6. The molecule has 4 rings (SSSR count). The highest BCUT2D eigenvalue weighted by Crippen LogP contribution is 2.41. The molecule has 1 aliphatic heterocycles. The Hall–Kier alpha value is -3.56. The van der Waals surface area contributed by atoms with Gasteiger partial charge < -0.3 is 29.2 Å². The second-order valence-electron chi connectivity index (χ2n) is 8.80. The summed E-state index contributed by atoms with van der Waals surface area (Å²) >= 11 is 0. The first kappa shape index (κ1) is 26.5. The van der Waals surface area contributed by atoms with Crippen LogP contribution >= 0.6 is 0 Å². The molecule has 3 aromatic rings. The Morgan fingerprint density at radius 1 is 0.784 bits per heavy atom. The maximum absolute atomic E-state index is 11.8. The Labute approximate surface area is 215 Å². The summed E-state index contributed by atoms with van der Waals surface area (Å²) < 4.78 is 22.5. The molecule has 8 heteroatoms. The van der Waals surface area contributed by atoms with E-state index in [1.807, 2.05) is 91.0 Å². The third kappa shape index (κ3) is 5.73. The van der Waals surface area contributed by atoms with Gasteiger partial charge >= 0.3 is 11.9 Å². The lowest BCUT2D eigenvalue weighted by Crippen LogP contribution is -2.46. The van der Waals surface area contributed by atoms with Crippen LogP contribution in [-0.4, -0.2) is 59.5 Å². The number of carbonyl (C=O) groups is 2. The second kappa shape index (κ2) is 11.7. The Bertz CT molecular complexity index is 1070. The summed E-state index contributed by atoms with van der Waals surface area (Å²) in [5, 5.41) is 21.6. The van der Waals surface area contributed by atoms with E-state index in [1.165, 1.54) is 13.8 Å². The predicted octanol–water partition coefficient (Wildman–Crippen LogP) is 2.94. The van der Waals surface area contributed by atoms with Gasteiger partial charge in [-0.3, -0.25) is 9.59 Å². The van der Waals surface area contributed by atoms with Gasteiger partial charge in [0.2, 0.25) is 0 Å². The number of carbonyl (C=O) groups excluding carboxylic acids is 2. The number of rotatable bonds is 9. The van der Waals surface area contributed by atoms with Crippen molar-refractivity contribution < 1.29 is 38.7 Å². The lowest BCUT2D eigenvalue weighted by atomic mass is 9.80. The molecule has 1 saturated heterocycles. The van der Waals surface area contributed by atoms with E-state index in [4.69, 9.17) is 18.9 Å². The molecular weight excluding hydrogens is 476 g/mol. The third-order valence-electron chi connectivity index (χ3n) is 6.22. The van der Waals surface area contributed by atoms with E-state index >= 15 is 0 Å². The fourth-order valence-corrected chi connectivity index (χ4v) is 4.69. The van der Waals surface area contributed by atoms with Crippen LogP contribution in [0.4, 0.5) is 0 Å². The molecule has 5 atom stereocenters. The summed E-state index contributed by atoms with van der Waals surface area (Å²) in [4.78, 5) is 23.3. The average Bonchev–Trinajstić information content (AvgIpc) is 3.20. The summed E-state index contributed by atoms with van der Waals surface area (Å²) in [7, 11) is 0. The van der Waals surface area contributed by atoms with Crippen LogP contribution in [-0.2, 0) is 34.1 Å². The molecular formula is C29H30O8. The monoisotopic (exact) mass is 506 g/mol. The molecule has 1 heterocycles. The number of hydrogen-bond donors (Lipinski definition) is 2. The highest BCUT2D eigenvalue weighted by molar-refractivity contribution is 5.67. The van der Waals surface area contributed by atoms with Gasteiger partial charge in [0, 0.05) is 13.8 Å². The van der Waals surface area contributed by atoms with Crippen LogP contribution in [0.25, 0.3) is 0 Å². The van der Waals surface area contributed by atoms with E-state index in [0.717, 1.165) is 16.7 Å². The molecule has 0 unspecified atom stereocenters. The Morgan fingerprint density at radius 2 is 1.19 bits per heavy atom. The van der Waals surface area contributed by atoms with E-state index in [2.05, 4.69) is 0 Å². The van der Waals surface area contributed by atoms with Crippen molar-refractivity contribution >= 4 is 11.9 Å². The zero-order valence-electron chi connectivity index (χ0n) is 20.6. The minimum absolute atomic E-state index is 0.263. The fourth-order valence-electron chi connectivity index (χ4n) is 4.69. The van der Waals surface area contributed by atoms with Crippen molar-refractivity contribution in [1.82, 2.24) is 0 Å². The van der Waals surface area contributed by atoms with Gasteiger partial charge in [0.05, 0.1) is 6.61 Å². The molecule has 1 aliphatic rings. The Balaban J connectivity index is 1.70. The summed E-state index contributed by atoms with van der Waals surface area (Å²) in [5.74, 6) is -1.36. The molecule has 3 aromatic carbocycles. The van der Waals surface area contributed by atoms with Crippen molar-refractivity contribution in [3.05, 3.63) is 108 Å². The molecule has 0 bridgehead atoms. The van der Waals surface area contributed by atoms with Crippen LogP contribution in [0, 0.1) is 0 Å². The number of aliphatic hydroxyl groups excluding tert-OH is 2. The van der Waals surface area contributed by atoms with Crippen molar-refractivity contribution in [2.75, 3.05) is 6.61 Å². The molecule has 1 fully saturated rings. The molecule has 0 aromatic heterocycles. The van der Waals surface area contributed by atoms with Crippen molar-refractivity contribution in [1.29, 1.82) is 0 Å². The van der Waals surface area contributed by atoms with Gasteiger partial charge in [-0.05, 0) is 16.7 Å². The number of hydrogen-bond acceptors (Lipinski definition) is 8. The third-order valence-corrected chi connectivity index (χ3v) is 6.22. The van der Waals surface area contributed by atoms with E-state index in [-0.39, 0.29) is 6.61 Å². The molecule has 0 amide bonds. The highest BCUT2D eigenvalue weighted by Gasteiger charge is 2.52. The van der Waals surface area contributed by atoms with Gasteiger partial charge in [0.25, 0.3) is 0 Å². The predicted molar refractivity (Wildman–Crippen MR) is 133 cm³/mol. The second-order valence-corrected chi connectivity index (χ2v) is 8.80.